The van der Waals surface area contributed by atoms with Crippen LogP contribution in [0.5, 0.6) is 0 Å². The monoisotopic (exact) mass is 281 g/mol. The molecule has 0 fully saturated rings. The molecular formula is C15H20ClNO2. The summed E-state index contributed by atoms with van der Waals surface area (Å²) in [7, 11) is 0. The van der Waals surface area contributed by atoms with Gasteiger partial charge in [0.1, 0.15) is 0 Å². The molecule has 2 atom stereocenters. The van der Waals surface area contributed by atoms with E-state index in [0.717, 1.165) is 36.8 Å². The summed E-state index contributed by atoms with van der Waals surface area (Å²) < 4.78 is 0. The van der Waals surface area contributed by atoms with Gasteiger partial charge in [-0.2, -0.15) is 0 Å². The van der Waals surface area contributed by atoms with Gasteiger partial charge in [0.05, 0.1) is 22.7 Å². The van der Waals surface area contributed by atoms with Crippen LogP contribution >= 0.6 is 11.6 Å². The van der Waals surface area contributed by atoms with Crippen molar-refractivity contribution in [1.29, 1.82) is 0 Å². The van der Waals surface area contributed by atoms with Crippen LogP contribution in [-0.2, 0) is 4.79 Å². The highest BCUT2D eigenvalue weighted by Gasteiger charge is 2.31. The first-order chi connectivity index (χ1) is 9.08. The third kappa shape index (κ3) is 2.77. The van der Waals surface area contributed by atoms with E-state index in [9.17, 15) is 9.90 Å². The molecule has 19 heavy (non-hydrogen) atoms. The number of carbonyl (C=O) groups excluding carboxylic acids is 1. The first kappa shape index (κ1) is 14.4. The summed E-state index contributed by atoms with van der Waals surface area (Å²) in [6, 6.07) is 3.69. The van der Waals surface area contributed by atoms with Crippen LogP contribution in [0.25, 0.3) is 0 Å². The molecular weight excluding hydrogens is 262 g/mol. The predicted octanol–water partition coefficient (Wildman–Crippen LogP) is 4.01. The Morgan fingerprint density at radius 1 is 1.42 bits per heavy atom. The molecule has 0 saturated heterocycles. The number of anilines is 1. The average molecular weight is 282 g/mol. The van der Waals surface area contributed by atoms with Crippen molar-refractivity contribution in [3.63, 3.8) is 0 Å². The van der Waals surface area contributed by atoms with Gasteiger partial charge in [-0.05, 0) is 30.0 Å². The molecule has 0 radical (unpaired) electrons. The molecule has 1 aromatic rings. The number of benzene rings is 1. The van der Waals surface area contributed by atoms with E-state index >= 15 is 0 Å². The molecule has 1 aliphatic rings. The first-order valence-electron chi connectivity index (χ1n) is 6.90. The molecule has 3 nitrogen and oxygen atoms in total. The summed E-state index contributed by atoms with van der Waals surface area (Å²) in [5, 5.41) is 13.5. The van der Waals surface area contributed by atoms with Gasteiger partial charge >= 0.3 is 0 Å². The molecule has 4 heteroatoms. The molecule has 1 heterocycles. The highest BCUT2D eigenvalue weighted by Crippen LogP contribution is 2.41. The second kappa shape index (κ2) is 5.93. The molecule has 1 amide bonds. The molecule has 0 aromatic heterocycles. The van der Waals surface area contributed by atoms with Crippen LogP contribution in [0.4, 0.5) is 5.69 Å². The van der Waals surface area contributed by atoms with Crippen molar-refractivity contribution in [1.82, 2.24) is 0 Å². The Morgan fingerprint density at radius 3 is 2.79 bits per heavy atom. The second-order valence-corrected chi connectivity index (χ2v) is 5.48. The Balaban J connectivity index is 2.33. The molecule has 0 aliphatic carbocycles. The third-order valence-corrected chi connectivity index (χ3v) is 4.01. The molecule has 0 saturated carbocycles. The van der Waals surface area contributed by atoms with Crippen molar-refractivity contribution in [3.05, 3.63) is 28.3 Å². The van der Waals surface area contributed by atoms with Crippen LogP contribution in [-0.4, -0.2) is 11.0 Å². The maximum absolute atomic E-state index is 11.8. The predicted molar refractivity (Wildman–Crippen MR) is 77.6 cm³/mol. The number of hydrogen-bond donors (Lipinski definition) is 2. The summed E-state index contributed by atoms with van der Waals surface area (Å²) in [6.45, 7) is 4.07. The van der Waals surface area contributed by atoms with Gasteiger partial charge < -0.3 is 10.4 Å². The number of nitrogens with one attached hydrogen (secondary N) is 1. The molecule has 0 bridgehead atoms. The standard InChI is InChI=1S/C15H20ClNO2/c1-3-5-6-13(18)9-7-11-10(4-2)15(19)17-14(11)12(16)8-9/h7-8,10,13,18H,3-6H2,1-2H3,(H,17,19). The van der Waals surface area contributed by atoms with E-state index in [1.165, 1.54) is 0 Å². The van der Waals surface area contributed by atoms with Gasteiger partial charge in [-0.1, -0.05) is 44.4 Å². The summed E-state index contributed by atoms with van der Waals surface area (Å²) >= 11 is 6.21. The summed E-state index contributed by atoms with van der Waals surface area (Å²) in [6.07, 6.45) is 2.99. The van der Waals surface area contributed by atoms with Crippen LogP contribution in [0.3, 0.4) is 0 Å². The fourth-order valence-electron chi connectivity index (χ4n) is 2.57. The van der Waals surface area contributed by atoms with Crippen molar-refractivity contribution in [2.45, 2.75) is 51.6 Å². The third-order valence-electron chi connectivity index (χ3n) is 3.71. The largest absolute Gasteiger partial charge is 0.388 e. The maximum atomic E-state index is 11.8. The van der Waals surface area contributed by atoms with Crippen molar-refractivity contribution in [3.8, 4) is 0 Å². The van der Waals surface area contributed by atoms with Gasteiger partial charge in [0.25, 0.3) is 0 Å². The number of amides is 1. The number of rotatable bonds is 5. The van der Waals surface area contributed by atoms with Gasteiger partial charge in [-0.15, -0.1) is 0 Å². The molecule has 0 spiro atoms. The van der Waals surface area contributed by atoms with E-state index in [2.05, 4.69) is 12.2 Å². The van der Waals surface area contributed by atoms with Crippen molar-refractivity contribution in [2.24, 2.45) is 0 Å². The lowest BCUT2D eigenvalue weighted by molar-refractivity contribution is -0.117. The number of aliphatic hydroxyl groups excluding tert-OH is 1. The number of carbonyl (C=O) groups is 1. The summed E-state index contributed by atoms with van der Waals surface area (Å²) in [5.74, 6) is -0.148. The Hall–Kier alpha value is -1.06. The van der Waals surface area contributed by atoms with E-state index in [1.807, 2.05) is 13.0 Å². The number of unbranched alkanes of at least 4 members (excludes halogenated alkanes) is 1. The number of aliphatic hydroxyl groups is 1. The molecule has 1 aromatic carbocycles. The lowest BCUT2D eigenvalue weighted by Crippen LogP contribution is -2.10. The second-order valence-electron chi connectivity index (χ2n) is 5.08. The highest BCUT2D eigenvalue weighted by molar-refractivity contribution is 6.34. The first-order valence-corrected chi connectivity index (χ1v) is 7.28. The van der Waals surface area contributed by atoms with Crippen LogP contribution in [0.2, 0.25) is 5.02 Å². The molecule has 2 rings (SSSR count). The zero-order valence-corrected chi connectivity index (χ0v) is 12.1. The van der Waals surface area contributed by atoms with Gasteiger partial charge in [0, 0.05) is 0 Å². The minimum absolute atomic E-state index is 0.000372. The fourth-order valence-corrected chi connectivity index (χ4v) is 2.85. The van der Waals surface area contributed by atoms with Crippen molar-refractivity contribution in [2.75, 3.05) is 5.32 Å². The number of fused-ring (bicyclic) bond motifs is 1. The van der Waals surface area contributed by atoms with E-state index in [1.54, 1.807) is 6.07 Å². The zero-order valence-electron chi connectivity index (χ0n) is 11.4. The SMILES string of the molecule is CCCCC(O)c1cc(Cl)c2c(c1)C(CC)C(=O)N2. The van der Waals surface area contributed by atoms with Gasteiger partial charge in [-0.3, -0.25) is 4.79 Å². The van der Waals surface area contributed by atoms with Crippen molar-refractivity contribution < 1.29 is 9.90 Å². The topological polar surface area (TPSA) is 49.3 Å². The summed E-state index contributed by atoms with van der Waals surface area (Å²) in [4.78, 5) is 11.8. The quantitative estimate of drug-likeness (QED) is 0.857. The minimum Gasteiger partial charge on any atom is -0.388 e. The normalized spacial score (nSPS) is 19.2. The summed E-state index contributed by atoms with van der Waals surface area (Å²) in [5.41, 5.74) is 2.45. The average Bonchev–Trinajstić information content (AvgIpc) is 2.72. The Labute approximate surface area is 119 Å². The Bertz CT molecular complexity index is 487. The van der Waals surface area contributed by atoms with Crippen LogP contribution in [0.15, 0.2) is 12.1 Å². The van der Waals surface area contributed by atoms with Crippen molar-refractivity contribution >= 4 is 23.2 Å². The highest BCUT2D eigenvalue weighted by atomic mass is 35.5. The van der Waals surface area contributed by atoms with E-state index in [4.69, 9.17) is 11.6 Å². The fraction of sp³-hybridized carbons (Fsp3) is 0.533. The molecule has 2 N–H and O–H groups in total. The Morgan fingerprint density at radius 2 is 2.16 bits per heavy atom. The minimum atomic E-state index is -0.504. The van der Waals surface area contributed by atoms with Gasteiger partial charge in [0.2, 0.25) is 5.91 Å². The van der Waals surface area contributed by atoms with E-state index in [0.29, 0.717) is 10.7 Å². The van der Waals surface area contributed by atoms with Gasteiger partial charge in [-0.25, -0.2) is 0 Å². The van der Waals surface area contributed by atoms with Crippen LogP contribution in [0, 0.1) is 0 Å². The Kier molecular flexibility index (Phi) is 4.48. The van der Waals surface area contributed by atoms with Gasteiger partial charge in [0.15, 0.2) is 0 Å². The molecule has 1 aliphatic heterocycles. The lowest BCUT2D eigenvalue weighted by Gasteiger charge is -2.14. The molecule has 104 valence electrons. The maximum Gasteiger partial charge on any atom is 0.232 e. The van der Waals surface area contributed by atoms with E-state index < -0.39 is 6.10 Å². The van der Waals surface area contributed by atoms with Crippen LogP contribution < -0.4 is 5.32 Å². The zero-order chi connectivity index (χ0) is 14.0. The van der Waals surface area contributed by atoms with E-state index in [-0.39, 0.29) is 11.8 Å². The number of hydrogen-bond acceptors (Lipinski definition) is 2. The smallest absolute Gasteiger partial charge is 0.232 e. The lowest BCUT2D eigenvalue weighted by atomic mass is 9.94. The molecule has 2 unspecified atom stereocenters. The number of halogens is 1. The van der Waals surface area contributed by atoms with Crippen LogP contribution in [0.1, 0.15) is 62.7 Å².